The summed E-state index contributed by atoms with van der Waals surface area (Å²) >= 11 is 0. The largest absolute Gasteiger partial charge is 0.410 e. The number of anilines is 3. The van der Waals surface area contributed by atoms with Gasteiger partial charge in [0.15, 0.2) is 0 Å². The molecule has 0 atom stereocenters. The van der Waals surface area contributed by atoms with Crippen molar-refractivity contribution in [1.82, 2.24) is 19.9 Å². The third-order valence-corrected chi connectivity index (χ3v) is 5.27. The summed E-state index contributed by atoms with van der Waals surface area (Å²) < 4.78 is 35.2. The third-order valence-electron chi connectivity index (χ3n) is 5.27. The number of pyridine rings is 1. The predicted octanol–water partition coefficient (Wildman–Crippen LogP) is 4.09. The lowest BCUT2D eigenvalue weighted by Gasteiger charge is -2.35. The molecule has 1 aromatic carbocycles. The molecule has 5 rings (SSSR count). The minimum Gasteiger partial charge on any atom is -0.410 e. The summed E-state index contributed by atoms with van der Waals surface area (Å²) in [6.45, 7) is 3.09. The number of hydrogen-bond acceptors (Lipinski definition) is 8. The van der Waals surface area contributed by atoms with Gasteiger partial charge in [-0.25, -0.2) is 19.9 Å². The van der Waals surface area contributed by atoms with Gasteiger partial charge in [-0.2, -0.15) is 4.39 Å². The van der Waals surface area contributed by atoms with Gasteiger partial charge in [0.2, 0.25) is 17.5 Å². The number of aromatic nitrogens is 4. The molecule has 4 aromatic rings. The van der Waals surface area contributed by atoms with Gasteiger partial charge in [-0.3, -0.25) is 4.79 Å². The van der Waals surface area contributed by atoms with Crippen molar-refractivity contribution in [3.63, 3.8) is 0 Å². The van der Waals surface area contributed by atoms with Crippen LogP contribution in [0.1, 0.15) is 10.5 Å². The van der Waals surface area contributed by atoms with E-state index < -0.39 is 17.6 Å². The molecule has 0 saturated carbocycles. The van der Waals surface area contributed by atoms with Crippen molar-refractivity contribution >= 4 is 23.4 Å². The van der Waals surface area contributed by atoms with Crippen molar-refractivity contribution in [2.45, 2.75) is 0 Å². The third kappa shape index (κ3) is 5.54. The monoisotopic (exact) mass is 483 g/mol. The smallest absolute Gasteiger partial charge is 0.311 e. The van der Waals surface area contributed by atoms with Gasteiger partial charge >= 0.3 is 6.01 Å². The molecule has 1 aliphatic rings. The van der Waals surface area contributed by atoms with E-state index in [2.05, 4.69) is 35.1 Å². The first-order chi connectivity index (χ1) is 17.2. The fourth-order valence-corrected chi connectivity index (χ4v) is 3.57. The maximum absolute atomic E-state index is 14.2. The summed E-state index contributed by atoms with van der Waals surface area (Å²) in [5.74, 6) is 0.857. The van der Waals surface area contributed by atoms with E-state index in [1.165, 1.54) is 6.20 Å². The highest BCUT2D eigenvalue weighted by molar-refractivity contribution is 6.03. The number of oxazole rings is 1. The van der Waals surface area contributed by atoms with Crippen LogP contribution in [-0.2, 0) is 0 Å². The number of rotatable bonds is 5. The maximum Gasteiger partial charge on any atom is 0.311 e. The number of carbonyl (C=O) groups is 1. The van der Waals surface area contributed by atoms with Crippen LogP contribution in [0.15, 0.2) is 71.5 Å². The molecule has 1 fully saturated rings. The Kier molecular flexibility index (Phi) is 7.50. The molecule has 180 valence electrons. The molecule has 0 spiro atoms. The first-order valence-corrected chi connectivity index (χ1v) is 10.6. The molecular formula is C23H20F3N7O2. The Morgan fingerprint density at radius 3 is 2.23 bits per heavy atom. The lowest BCUT2D eigenvalue weighted by atomic mass is 10.2. The average Bonchev–Trinajstić information content (AvgIpc) is 3.33. The topological polar surface area (TPSA) is 100 Å². The van der Waals surface area contributed by atoms with Gasteiger partial charge < -0.3 is 19.5 Å². The van der Waals surface area contributed by atoms with Crippen LogP contribution in [0.4, 0.5) is 31.0 Å². The first-order valence-electron chi connectivity index (χ1n) is 10.6. The van der Waals surface area contributed by atoms with Crippen LogP contribution in [0.25, 0.3) is 11.5 Å². The fraction of sp³-hybridized carbons (Fsp3) is 0.174. The molecule has 35 heavy (non-hydrogen) atoms. The average molecular weight is 483 g/mol. The molecule has 12 heteroatoms. The summed E-state index contributed by atoms with van der Waals surface area (Å²) in [6, 6.07) is 13.1. The van der Waals surface area contributed by atoms with Crippen LogP contribution < -0.4 is 15.1 Å². The van der Waals surface area contributed by atoms with Gasteiger partial charge in [0.25, 0.3) is 5.91 Å². The molecule has 1 amide bonds. The van der Waals surface area contributed by atoms with Gasteiger partial charge in [0, 0.05) is 53.3 Å². The maximum atomic E-state index is 14.2. The summed E-state index contributed by atoms with van der Waals surface area (Å²) in [4.78, 5) is 33.8. The Hall–Kier alpha value is -4.48. The van der Waals surface area contributed by atoms with Crippen LogP contribution in [0, 0.1) is 6.01 Å². The minimum atomic E-state index is -1.03. The lowest BCUT2D eigenvalue weighted by molar-refractivity contribution is 0.101. The van der Waals surface area contributed by atoms with Gasteiger partial charge in [-0.05, 0) is 30.3 Å². The van der Waals surface area contributed by atoms with Gasteiger partial charge in [-0.15, -0.1) is 0 Å². The fourth-order valence-electron chi connectivity index (χ4n) is 3.57. The van der Waals surface area contributed by atoms with Crippen LogP contribution in [0.3, 0.4) is 0 Å². The molecule has 4 heterocycles. The molecule has 0 radical (unpaired) electrons. The summed E-state index contributed by atoms with van der Waals surface area (Å²) in [6.07, 6.45) is 5.00. The molecule has 1 aliphatic heterocycles. The summed E-state index contributed by atoms with van der Waals surface area (Å²) in [5.41, 5.74) is 0.612. The Balaban J connectivity index is 0.00000141. The van der Waals surface area contributed by atoms with Crippen molar-refractivity contribution in [1.29, 1.82) is 0 Å². The Labute approximate surface area is 198 Å². The highest BCUT2D eigenvalue weighted by Crippen LogP contribution is 2.22. The molecule has 0 unspecified atom stereocenters. The number of halogens is 3. The molecule has 1 saturated heterocycles. The summed E-state index contributed by atoms with van der Waals surface area (Å²) in [7, 11) is 0. The number of hydrogen-bond donors (Lipinski definition) is 1. The number of nitrogens with zero attached hydrogens (tertiary/aromatic N) is 6. The van der Waals surface area contributed by atoms with Gasteiger partial charge in [0.05, 0.1) is 11.9 Å². The quantitative estimate of drug-likeness (QED) is 0.453. The van der Waals surface area contributed by atoms with Crippen LogP contribution in [0.5, 0.6) is 0 Å². The van der Waals surface area contributed by atoms with E-state index in [4.69, 9.17) is 13.6 Å². The van der Waals surface area contributed by atoms with Crippen molar-refractivity contribution in [2.75, 3.05) is 41.3 Å². The molecule has 0 aliphatic carbocycles. The van der Waals surface area contributed by atoms with Crippen molar-refractivity contribution in [3.8, 4) is 11.5 Å². The Morgan fingerprint density at radius 2 is 1.57 bits per heavy atom. The lowest BCUT2D eigenvalue weighted by Crippen LogP contribution is -2.47. The van der Waals surface area contributed by atoms with E-state index in [1.54, 1.807) is 48.8 Å². The Bertz CT molecular complexity index is 1230. The zero-order chi connectivity index (χ0) is 24.6. The van der Waals surface area contributed by atoms with Crippen LogP contribution >= 0.6 is 0 Å². The van der Waals surface area contributed by atoms with Crippen LogP contribution in [-0.4, -0.2) is 52.0 Å². The molecular weight excluding hydrogens is 463 g/mol. The second-order valence-electron chi connectivity index (χ2n) is 7.39. The standard InChI is InChI=1S/C23H20FN7O2.F2/c24-20-19(29-22(33-20)16-5-2-1-3-6-16)21(32)28-17-7-8-18(27-15-17)30-11-13-31(14-12-30)23-25-9-4-10-26-23;1-2/h1-10,15H,11-14H2,(H,28,32);. The highest BCUT2D eigenvalue weighted by Gasteiger charge is 2.22. The van der Waals surface area contributed by atoms with E-state index in [9.17, 15) is 9.18 Å². The number of carbonyl (C=O) groups excluding carboxylic acids is 1. The van der Waals surface area contributed by atoms with Crippen LogP contribution in [0.2, 0.25) is 0 Å². The SMILES string of the molecule is FF.O=C(Nc1ccc(N2CCN(c3ncccn3)CC2)nc1)c1nc(-c2ccccc2)oc1F. The number of nitrogens with one attached hydrogen (secondary N) is 1. The number of piperazine rings is 1. The molecule has 1 N–H and O–H groups in total. The van der Waals surface area contributed by atoms with E-state index in [0.29, 0.717) is 11.3 Å². The van der Waals surface area contributed by atoms with E-state index in [0.717, 1.165) is 37.9 Å². The highest BCUT2D eigenvalue weighted by atomic mass is 20.0. The normalized spacial score (nSPS) is 13.1. The van der Waals surface area contributed by atoms with Crippen molar-refractivity contribution in [3.05, 3.63) is 78.8 Å². The van der Waals surface area contributed by atoms with Crippen molar-refractivity contribution in [2.24, 2.45) is 0 Å². The van der Waals surface area contributed by atoms with Gasteiger partial charge in [-0.1, -0.05) is 18.2 Å². The summed E-state index contributed by atoms with van der Waals surface area (Å²) in [5, 5.41) is 2.62. The molecule has 3 aromatic heterocycles. The zero-order valence-electron chi connectivity index (χ0n) is 18.3. The zero-order valence-corrected chi connectivity index (χ0v) is 18.3. The second-order valence-corrected chi connectivity index (χ2v) is 7.39. The first kappa shape index (κ1) is 23.7. The number of amides is 1. The molecule has 0 bridgehead atoms. The van der Waals surface area contributed by atoms with E-state index in [1.807, 2.05) is 12.1 Å². The number of benzene rings is 1. The molecule has 9 nitrogen and oxygen atoms in total. The van der Waals surface area contributed by atoms with E-state index >= 15 is 0 Å². The van der Waals surface area contributed by atoms with E-state index in [-0.39, 0.29) is 5.89 Å². The van der Waals surface area contributed by atoms with Gasteiger partial charge in [0.1, 0.15) is 5.82 Å². The minimum absolute atomic E-state index is 0.0479. The second kappa shape index (κ2) is 11.1. The van der Waals surface area contributed by atoms with Crippen molar-refractivity contribution < 1.29 is 22.8 Å². The predicted molar refractivity (Wildman–Crippen MR) is 123 cm³/mol. The Morgan fingerprint density at radius 1 is 0.886 bits per heavy atom.